The predicted octanol–water partition coefficient (Wildman–Crippen LogP) is 2.86. The quantitative estimate of drug-likeness (QED) is 0.808. The van der Waals surface area contributed by atoms with E-state index in [0.717, 1.165) is 22.3 Å². The summed E-state index contributed by atoms with van der Waals surface area (Å²) in [5.74, 6) is -0.160. The molecule has 0 unspecified atom stereocenters. The lowest BCUT2D eigenvalue weighted by molar-refractivity contribution is 0.0950. The largest absolute Gasteiger partial charge is 0.348 e. The van der Waals surface area contributed by atoms with Crippen molar-refractivity contribution in [3.8, 4) is 0 Å². The summed E-state index contributed by atoms with van der Waals surface area (Å²) >= 11 is 5.84. The molecule has 5 nitrogen and oxygen atoms in total. The van der Waals surface area contributed by atoms with Crippen LogP contribution in [0.3, 0.4) is 0 Å². The van der Waals surface area contributed by atoms with Crippen LogP contribution in [0.25, 0.3) is 11.0 Å². The van der Waals surface area contributed by atoms with Crippen molar-refractivity contribution in [3.05, 3.63) is 58.4 Å². The summed E-state index contributed by atoms with van der Waals surface area (Å²) in [6, 6.07) is 9.19. The Morgan fingerprint density at radius 2 is 2.05 bits per heavy atom. The Morgan fingerprint density at radius 1 is 1.32 bits per heavy atom. The molecule has 0 radical (unpaired) electrons. The Kier molecular flexibility index (Phi) is 3.81. The molecule has 1 N–H and O–H groups in total. The van der Waals surface area contributed by atoms with Crippen LogP contribution < -0.4 is 5.32 Å². The molecule has 3 aromatic rings. The monoisotopic (exact) mass is 314 g/mol. The summed E-state index contributed by atoms with van der Waals surface area (Å²) in [6.45, 7) is 2.35. The smallest absolute Gasteiger partial charge is 0.253 e. The van der Waals surface area contributed by atoms with E-state index < -0.39 is 0 Å². The maximum absolute atomic E-state index is 12.2. The van der Waals surface area contributed by atoms with Gasteiger partial charge in [0.15, 0.2) is 5.65 Å². The number of hydrogen-bond acceptors (Lipinski definition) is 3. The second-order valence-corrected chi connectivity index (χ2v) is 5.55. The van der Waals surface area contributed by atoms with E-state index in [1.165, 1.54) is 0 Å². The highest BCUT2D eigenvalue weighted by Crippen LogP contribution is 2.16. The molecule has 6 heteroatoms. The van der Waals surface area contributed by atoms with E-state index in [4.69, 9.17) is 11.6 Å². The normalized spacial score (nSPS) is 10.9. The molecule has 0 atom stereocenters. The first-order chi connectivity index (χ1) is 10.5. The van der Waals surface area contributed by atoms with Crippen LogP contribution in [0, 0.1) is 6.92 Å². The first-order valence-corrected chi connectivity index (χ1v) is 7.24. The molecule has 1 amide bonds. The first kappa shape index (κ1) is 14.5. The topological polar surface area (TPSA) is 59.8 Å². The van der Waals surface area contributed by atoms with Crippen LogP contribution in [0.2, 0.25) is 5.02 Å². The van der Waals surface area contributed by atoms with Gasteiger partial charge in [-0.05, 0) is 30.7 Å². The van der Waals surface area contributed by atoms with E-state index in [2.05, 4.69) is 15.4 Å². The number of amides is 1. The lowest BCUT2D eigenvalue weighted by Gasteiger charge is -2.06. The SMILES string of the molecule is Cc1nn(C)c2ncc(C(=O)NCc3ccc(Cl)cc3)cc12. The summed E-state index contributed by atoms with van der Waals surface area (Å²) < 4.78 is 1.71. The molecule has 0 fully saturated rings. The molecule has 1 aromatic carbocycles. The third-order valence-corrected chi connectivity index (χ3v) is 3.74. The van der Waals surface area contributed by atoms with Gasteiger partial charge in [-0.25, -0.2) is 4.98 Å². The minimum Gasteiger partial charge on any atom is -0.348 e. The van der Waals surface area contributed by atoms with Crippen LogP contribution in [0.5, 0.6) is 0 Å². The minimum absolute atomic E-state index is 0.160. The average molecular weight is 315 g/mol. The molecule has 2 heterocycles. The number of carbonyl (C=O) groups excluding carboxylic acids is 1. The molecule has 0 saturated carbocycles. The Bertz CT molecular complexity index is 839. The molecular formula is C16H15ClN4O. The molecule has 0 aliphatic carbocycles. The molecule has 112 valence electrons. The zero-order valence-electron chi connectivity index (χ0n) is 12.3. The van der Waals surface area contributed by atoms with Crippen molar-refractivity contribution in [1.29, 1.82) is 0 Å². The zero-order valence-corrected chi connectivity index (χ0v) is 13.1. The molecule has 2 aromatic heterocycles. The third kappa shape index (κ3) is 2.80. The van der Waals surface area contributed by atoms with Gasteiger partial charge in [0.05, 0.1) is 11.3 Å². The number of benzene rings is 1. The van der Waals surface area contributed by atoms with Crippen molar-refractivity contribution in [2.45, 2.75) is 13.5 Å². The number of pyridine rings is 1. The van der Waals surface area contributed by atoms with Gasteiger partial charge in [-0.3, -0.25) is 9.48 Å². The minimum atomic E-state index is -0.160. The number of carbonyl (C=O) groups is 1. The maximum atomic E-state index is 12.2. The van der Waals surface area contributed by atoms with E-state index in [0.29, 0.717) is 17.1 Å². The van der Waals surface area contributed by atoms with E-state index in [1.54, 1.807) is 23.0 Å². The van der Waals surface area contributed by atoms with Crippen LogP contribution >= 0.6 is 11.6 Å². The summed E-state index contributed by atoms with van der Waals surface area (Å²) in [7, 11) is 1.84. The first-order valence-electron chi connectivity index (χ1n) is 6.86. The van der Waals surface area contributed by atoms with Crippen molar-refractivity contribution in [2.75, 3.05) is 0 Å². The summed E-state index contributed by atoms with van der Waals surface area (Å²) in [5, 5.41) is 8.75. The number of hydrogen-bond donors (Lipinski definition) is 1. The summed E-state index contributed by atoms with van der Waals surface area (Å²) in [4.78, 5) is 16.6. The van der Waals surface area contributed by atoms with Gasteiger partial charge in [-0.2, -0.15) is 5.10 Å². The Hall–Kier alpha value is -2.40. The maximum Gasteiger partial charge on any atom is 0.253 e. The van der Waals surface area contributed by atoms with Gasteiger partial charge in [0.1, 0.15) is 0 Å². The van der Waals surface area contributed by atoms with Crippen LogP contribution in [0.15, 0.2) is 36.5 Å². The molecule has 0 aliphatic rings. The average Bonchev–Trinajstić information content (AvgIpc) is 2.81. The number of aromatic nitrogens is 3. The van der Waals surface area contributed by atoms with Gasteiger partial charge in [-0.15, -0.1) is 0 Å². The Balaban J connectivity index is 1.77. The highest BCUT2D eigenvalue weighted by molar-refractivity contribution is 6.30. The van der Waals surface area contributed by atoms with Gasteiger partial charge in [0.2, 0.25) is 0 Å². The van der Waals surface area contributed by atoms with Gasteiger partial charge < -0.3 is 5.32 Å². The fraction of sp³-hybridized carbons (Fsp3) is 0.188. The second kappa shape index (κ2) is 5.77. The standard InChI is InChI=1S/C16H15ClN4O/c1-10-14-7-12(9-18-15(14)21(2)20-10)16(22)19-8-11-3-5-13(17)6-4-11/h3-7,9H,8H2,1-2H3,(H,19,22). The van der Waals surface area contributed by atoms with Crippen molar-refractivity contribution >= 4 is 28.5 Å². The van der Waals surface area contributed by atoms with Gasteiger partial charge in [0.25, 0.3) is 5.91 Å². The molecule has 0 bridgehead atoms. The predicted molar refractivity (Wildman–Crippen MR) is 85.9 cm³/mol. The van der Waals surface area contributed by atoms with Gasteiger partial charge in [-0.1, -0.05) is 23.7 Å². The Labute approximate surface area is 132 Å². The van der Waals surface area contributed by atoms with Crippen molar-refractivity contribution < 1.29 is 4.79 Å². The molecular weight excluding hydrogens is 300 g/mol. The molecule has 0 aliphatic heterocycles. The number of aryl methyl sites for hydroxylation is 2. The lowest BCUT2D eigenvalue weighted by Crippen LogP contribution is -2.22. The summed E-state index contributed by atoms with van der Waals surface area (Å²) in [5.41, 5.74) is 3.14. The molecule has 0 saturated heterocycles. The van der Waals surface area contributed by atoms with E-state index in [-0.39, 0.29) is 5.91 Å². The molecule has 22 heavy (non-hydrogen) atoms. The number of halogens is 1. The Morgan fingerprint density at radius 3 is 2.77 bits per heavy atom. The van der Waals surface area contributed by atoms with Crippen molar-refractivity contribution in [2.24, 2.45) is 7.05 Å². The fourth-order valence-corrected chi connectivity index (χ4v) is 2.44. The number of nitrogens with zero attached hydrogens (tertiary/aromatic N) is 3. The van der Waals surface area contributed by atoms with Crippen LogP contribution in [0.4, 0.5) is 0 Å². The number of nitrogens with one attached hydrogen (secondary N) is 1. The van der Waals surface area contributed by atoms with Crippen LogP contribution in [-0.4, -0.2) is 20.7 Å². The molecule has 0 spiro atoms. The van der Waals surface area contributed by atoms with E-state index >= 15 is 0 Å². The van der Waals surface area contributed by atoms with Gasteiger partial charge >= 0.3 is 0 Å². The number of rotatable bonds is 3. The zero-order chi connectivity index (χ0) is 15.7. The third-order valence-electron chi connectivity index (χ3n) is 3.49. The van der Waals surface area contributed by atoms with E-state index in [1.807, 2.05) is 32.2 Å². The molecule has 3 rings (SSSR count). The van der Waals surface area contributed by atoms with Crippen LogP contribution in [-0.2, 0) is 13.6 Å². The van der Waals surface area contributed by atoms with Crippen molar-refractivity contribution in [1.82, 2.24) is 20.1 Å². The van der Waals surface area contributed by atoms with Crippen LogP contribution in [0.1, 0.15) is 21.6 Å². The second-order valence-electron chi connectivity index (χ2n) is 5.11. The number of fused-ring (bicyclic) bond motifs is 1. The summed E-state index contributed by atoms with van der Waals surface area (Å²) in [6.07, 6.45) is 1.57. The lowest BCUT2D eigenvalue weighted by atomic mass is 10.2. The van der Waals surface area contributed by atoms with Crippen molar-refractivity contribution in [3.63, 3.8) is 0 Å². The fourth-order valence-electron chi connectivity index (χ4n) is 2.32. The van der Waals surface area contributed by atoms with E-state index in [9.17, 15) is 4.79 Å². The van der Waals surface area contributed by atoms with Gasteiger partial charge in [0, 0.05) is 30.2 Å². The highest BCUT2D eigenvalue weighted by atomic mass is 35.5. The highest BCUT2D eigenvalue weighted by Gasteiger charge is 2.11.